The summed E-state index contributed by atoms with van der Waals surface area (Å²) >= 11 is 4.38. The molecule has 0 unspecified atom stereocenters. The van der Waals surface area contributed by atoms with E-state index in [4.69, 9.17) is 0 Å². The van der Waals surface area contributed by atoms with E-state index in [2.05, 4.69) is 38.3 Å². The van der Waals surface area contributed by atoms with Crippen LogP contribution in [-0.4, -0.2) is 29.8 Å². The highest BCUT2D eigenvalue weighted by Crippen LogP contribution is 2.30. The van der Waals surface area contributed by atoms with Crippen molar-refractivity contribution in [2.75, 3.05) is 18.8 Å². The van der Waals surface area contributed by atoms with Gasteiger partial charge in [-0.25, -0.2) is 0 Å². The van der Waals surface area contributed by atoms with Crippen LogP contribution in [0.25, 0.3) is 0 Å². The van der Waals surface area contributed by atoms with E-state index >= 15 is 0 Å². The molecule has 72 valence electrons. The highest BCUT2D eigenvalue weighted by molar-refractivity contribution is 7.80. The van der Waals surface area contributed by atoms with E-state index in [1.165, 1.54) is 25.9 Å². The maximum Gasteiger partial charge on any atom is 0.00965 e. The van der Waals surface area contributed by atoms with Crippen LogP contribution in [0.15, 0.2) is 0 Å². The third kappa shape index (κ3) is 2.98. The zero-order valence-electron chi connectivity index (χ0n) is 8.51. The van der Waals surface area contributed by atoms with E-state index in [9.17, 15) is 0 Å². The second-order valence-corrected chi connectivity index (χ2v) is 4.93. The van der Waals surface area contributed by atoms with Gasteiger partial charge in [0.25, 0.3) is 0 Å². The van der Waals surface area contributed by atoms with E-state index in [0.717, 1.165) is 11.8 Å². The Morgan fingerprint density at radius 1 is 1.42 bits per heavy atom. The average molecular weight is 187 g/mol. The van der Waals surface area contributed by atoms with Gasteiger partial charge in [0.1, 0.15) is 0 Å². The molecule has 0 spiro atoms. The number of rotatable bonds is 5. The van der Waals surface area contributed by atoms with Crippen molar-refractivity contribution >= 4 is 12.6 Å². The summed E-state index contributed by atoms with van der Waals surface area (Å²) in [4.78, 5) is 2.59. The fourth-order valence-corrected chi connectivity index (χ4v) is 1.64. The van der Waals surface area contributed by atoms with E-state index in [0.29, 0.717) is 5.41 Å². The van der Waals surface area contributed by atoms with Crippen molar-refractivity contribution in [2.45, 2.75) is 39.7 Å². The Morgan fingerprint density at radius 3 is 2.33 bits per heavy atom. The fourth-order valence-electron chi connectivity index (χ4n) is 1.54. The maximum atomic E-state index is 4.38. The molecule has 0 aromatic carbocycles. The predicted molar refractivity (Wildman–Crippen MR) is 57.9 cm³/mol. The van der Waals surface area contributed by atoms with Crippen molar-refractivity contribution in [3.63, 3.8) is 0 Å². The molecule has 0 amide bonds. The zero-order chi connectivity index (χ0) is 9.19. The second kappa shape index (κ2) is 4.01. The van der Waals surface area contributed by atoms with Crippen molar-refractivity contribution in [1.82, 2.24) is 4.90 Å². The molecule has 1 aliphatic carbocycles. The van der Waals surface area contributed by atoms with Crippen molar-refractivity contribution in [1.29, 1.82) is 0 Å². The molecule has 1 fully saturated rings. The number of hydrogen-bond donors (Lipinski definition) is 1. The minimum absolute atomic E-state index is 0.377. The Balaban J connectivity index is 2.35. The fraction of sp³-hybridized carbons (Fsp3) is 1.00. The summed E-state index contributed by atoms with van der Waals surface area (Å²) in [6, 6.07) is 0.897. The van der Waals surface area contributed by atoms with Gasteiger partial charge in [-0.1, -0.05) is 20.8 Å². The van der Waals surface area contributed by atoms with Crippen LogP contribution in [-0.2, 0) is 0 Å². The highest BCUT2D eigenvalue weighted by atomic mass is 32.1. The molecule has 0 radical (unpaired) electrons. The van der Waals surface area contributed by atoms with Gasteiger partial charge in [-0.15, -0.1) is 0 Å². The summed E-state index contributed by atoms with van der Waals surface area (Å²) in [6.07, 6.45) is 2.83. The summed E-state index contributed by atoms with van der Waals surface area (Å²) in [5.41, 5.74) is 0.377. The SMILES string of the molecule is CCN(CC(C)(C)CS)C1CC1. The third-order valence-electron chi connectivity index (χ3n) is 2.53. The van der Waals surface area contributed by atoms with Crippen LogP contribution in [0.2, 0.25) is 0 Å². The number of thiol groups is 1. The minimum Gasteiger partial charge on any atom is -0.300 e. The molecule has 0 heterocycles. The first kappa shape index (κ1) is 10.4. The largest absolute Gasteiger partial charge is 0.300 e. The molecule has 0 saturated heterocycles. The Labute approximate surface area is 81.9 Å². The van der Waals surface area contributed by atoms with Crippen LogP contribution >= 0.6 is 12.6 Å². The predicted octanol–water partition coefficient (Wildman–Crippen LogP) is 2.43. The molecule has 0 atom stereocenters. The molecule has 12 heavy (non-hydrogen) atoms. The molecule has 0 aromatic rings. The molecular formula is C10H21NS. The smallest absolute Gasteiger partial charge is 0.00965 e. The standard InChI is InChI=1S/C10H21NS/c1-4-11(9-5-6-9)7-10(2,3)8-12/h9,12H,4-8H2,1-3H3. The lowest BCUT2D eigenvalue weighted by Gasteiger charge is -2.30. The van der Waals surface area contributed by atoms with Crippen molar-refractivity contribution < 1.29 is 0 Å². The van der Waals surface area contributed by atoms with Gasteiger partial charge in [0.15, 0.2) is 0 Å². The Hall–Kier alpha value is 0.310. The molecular weight excluding hydrogens is 166 g/mol. The van der Waals surface area contributed by atoms with Crippen LogP contribution < -0.4 is 0 Å². The van der Waals surface area contributed by atoms with Crippen LogP contribution in [0.5, 0.6) is 0 Å². The molecule has 0 N–H and O–H groups in total. The van der Waals surface area contributed by atoms with E-state index in [1.54, 1.807) is 0 Å². The van der Waals surface area contributed by atoms with Crippen LogP contribution in [0.1, 0.15) is 33.6 Å². The van der Waals surface area contributed by atoms with Crippen molar-refractivity contribution in [3.8, 4) is 0 Å². The molecule has 0 bridgehead atoms. The molecule has 0 aliphatic heterocycles. The van der Waals surface area contributed by atoms with Gasteiger partial charge >= 0.3 is 0 Å². The normalized spacial score (nSPS) is 18.8. The topological polar surface area (TPSA) is 3.24 Å². The molecule has 1 nitrogen and oxygen atoms in total. The van der Waals surface area contributed by atoms with Gasteiger partial charge in [-0.2, -0.15) is 12.6 Å². The van der Waals surface area contributed by atoms with Crippen LogP contribution in [0.3, 0.4) is 0 Å². The molecule has 1 rings (SSSR count). The van der Waals surface area contributed by atoms with Gasteiger partial charge in [0, 0.05) is 12.6 Å². The minimum atomic E-state index is 0.377. The molecule has 0 aromatic heterocycles. The average Bonchev–Trinajstić information content (AvgIpc) is 2.83. The van der Waals surface area contributed by atoms with Gasteiger partial charge in [0.05, 0.1) is 0 Å². The first-order valence-electron chi connectivity index (χ1n) is 4.94. The van der Waals surface area contributed by atoms with Gasteiger partial charge in [0.2, 0.25) is 0 Å². The zero-order valence-corrected chi connectivity index (χ0v) is 9.40. The van der Waals surface area contributed by atoms with Crippen LogP contribution in [0, 0.1) is 5.41 Å². The van der Waals surface area contributed by atoms with Crippen molar-refractivity contribution in [3.05, 3.63) is 0 Å². The summed E-state index contributed by atoms with van der Waals surface area (Å²) in [5, 5.41) is 0. The lowest BCUT2D eigenvalue weighted by atomic mass is 9.95. The van der Waals surface area contributed by atoms with Crippen molar-refractivity contribution in [2.24, 2.45) is 5.41 Å². The monoisotopic (exact) mass is 187 g/mol. The first-order chi connectivity index (χ1) is 5.59. The summed E-state index contributed by atoms with van der Waals surface area (Å²) in [7, 11) is 0. The summed E-state index contributed by atoms with van der Waals surface area (Å²) in [5.74, 6) is 0.982. The molecule has 1 saturated carbocycles. The second-order valence-electron chi connectivity index (χ2n) is 4.62. The van der Waals surface area contributed by atoms with E-state index < -0.39 is 0 Å². The first-order valence-corrected chi connectivity index (χ1v) is 5.57. The quantitative estimate of drug-likeness (QED) is 0.647. The summed E-state index contributed by atoms with van der Waals surface area (Å²) < 4.78 is 0. The maximum absolute atomic E-state index is 4.38. The number of hydrogen-bond acceptors (Lipinski definition) is 2. The van der Waals surface area contributed by atoms with Gasteiger partial charge in [-0.05, 0) is 30.6 Å². The molecule has 1 aliphatic rings. The molecule has 2 heteroatoms. The Bertz CT molecular complexity index is 141. The Morgan fingerprint density at radius 2 is 2.00 bits per heavy atom. The van der Waals surface area contributed by atoms with E-state index in [-0.39, 0.29) is 0 Å². The van der Waals surface area contributed by atoms with Crippen LogP contribution in [0.4, 0.5) is 0 Å². The number of nitrogens with zero attached hydrogens (tertiary/aromatic N) is 1. The van der Waals surface area contributed by atoms with Gasteiger partial charge < -0.3 is 4.90 Å². The highest BCUT2D eigenvalue weighted by Gasteiger charge is 2.31. The van der Waals surface area contributed by atoms with Gasteiger partial charge in [-0.3, -0.25) is 0 Å². The van der Waals surface area contributed by atoms with E-state index in [1.807, 2.05) is 0 Å². The third-order valence-corrected chi connectivity index (χ3v) is 3.38. The lowest BCUT2D eigenvalue weighted by Crippen LogP contribution is -2.36. The Kier molecular flexibility index (Phi) is 3.47. The lowest BCUT2D eigenvalue weighted by molar-refractivity contribution is 0.195. The summed E-state index contributed by atoms with van der Waals surface area (Å²) in [6.45, 7) is 9.25.